The Morgan fingerprint density at radius 3 is 2.63 bits per heavy atom. The Balaban J connectivity index is 2.46. The third-order valence-electron chi connectivity index (χ3n) is 3.06. The number of carbonyl (C=O) groups is 1. The van der Waals surface area contributed by atoms with Crippen LogP contribution in [0, 0.1) is 0 Å². The summed E-state index contributed by atoms with van der Waals surface area (Å²) >= 11 is 0. The maximum Gasteiger partial charge on any atom is 0.234 e. The smallest absolute Gasteiger partial charge is 0.234 e. The molecule has 5 nitrogen and oxygen atoms in total. The van der Waals surface area contributed by atoms with Gasteiger partial charge in [0.2, 0.25) is 5.91 Å². The van der Waals surface area contributed by atoms with Crippen LogP contribution in [-0.2, 0) is 9.53 Å². The van der Waals surface area contributed by atoms with E-state index in [-0.39, 0.29) is 17.7 Å². The van der Waals surface area contributed by atoms with Crippen LogP contribution < -0.4 is 5.32 Å². The van der Waals surface area contributed by atoms with E-state index in [2.05, 4.69) is 5.32 Å². The molecule has 19 heavy (non-hydrogen) atoms. The molecular formula is C14H22N2O3. The normalized spacial score (nSPS) is 12.4. The summed E-state index contributed by atoms with van der Waals surface area (Å²) in [4.78, 5) is 13.6. The first kappa shape index (κ1) is 15.5. The van der Waals surface area contributed by atoms with Crippen molar-refractivity contribution < 1.29 is 14.6 Å². The predicted molar refractivity (Wildman–Crippen MR) is 74.0 cm³/mol. The van der Waals surface area contributed by atoms with Crippen molar-refractivity contribution in [3.63, 3.8) is 0 Å². The molecule has 0 heterocycles. The molecule has 5 heteroatoms. The van der Waals surface area contributed by atoms with E-state index >= 15 is 0 Å². The number of ether oxygens (including phenoxy) is 1. The summed E-state index contributed by atoms with van der Waals surface area (Å²) in [5.41, 5.74) is 1.06. The molecule has 0 bridgehead atoms. The summed E-state index contributed by atoms with van der Waals surface area (Å²) in [6, 6.07) is 7.13. The predicted octanol–water partition coefficient (Wildman–Crippen LogP) is 1.15. The van der Waals surface area contributed by atoms with Gasteiger partial charge in [-0.2, -0.15) is 0 Å². The van der Waals surface area contributed by atoms with Crippen LogP contribution in [0.1, 0.15) is 18.5 Å². The molecule has 0 aromatic heterocycles. The second kappa shape index (κ2) is 7.76. The number of nitrogens with zero attached hydrogens (tertiary/aromatic N) is 1. The fourth-order valence-corrected chi connectivity index (χ4v) is 1.72. The monoisotopic (exact) mass is 266 g/mol. The van der Waals surface area contributed by atoms with E-state index in [0.29, 0.717) is 19.7 Å². The van der Waals surface area contributed by atoms with Crippen molar-refractivity contribution in [3.8, 4) is 5.75 Å². The lowest BCUT2D eigenvalue weighted by molar-refractivity contribution is -0.122. The Hall–Kier alpha value is -1.59. The van der Waals surface area contributed by atoms with E-state index in [1.54, 1.807) is 19.2 Å². The molecule has 0 spiro atoms. The summed E-state index contributed by atoms with van der Waals surface area (Å²) < 4.78 is 4.87. The number of benzene rings is 1. The number of amides is 1. The lowest BCUT2D eigenvalue weighted by Gasteiger charge is -2.24. The van der Waals surface area contributed by atoms with Crippen LogP contribution in [0.4, 0.5) is 0 Å². The average molecular weight is 266 g/mol. The summed E-state index contributed by atoms with van der Waals surface area (Å²) in [6.07, 6.45) is 0. The number of rotatable bonds is 7. The zero-order chi connectivity index (χ0) is 14.3. The molecule has 1 amide bonds. The molecule has 0 saturated heterocycles. The highest BCUT2D eigenvalue weighted by molar-refractivity contribution is 5.78. The number of phenols is 1. The molecule has 0 aliphatic heterocycles. The van der Waals surface area contributed by atoms with E-state index in [1.165, 1.54) is 0 Å². The van der Waals surface area contributed by atoms with Crippen molar-refractivity contribution >= 4 is 5.91 Å². The van der Waals surface area contributed by atoms with Crippen molar-refractivity contribution in [2.75, 3.05) is 33.9 Å². The van der Waals surface area contributed by atoms with Crippen LogP contribution in [0.3, 0.4) is 0 Å². The number of methoxy groups -OCH3 is 1. The third-order valence-corrected chi connectivity index (χ3v) is 3.06. The van der Waals surface area contributed by atoms with Crippen LogP contribution in [0.2, 0.25) is 0 Å². The standard InChI is InChI=1S/C14H22N2O3/c1-11(12-4-6-13(17)7-5-12)16(2)10-14(18)15-8-9-19-3/h4-7,11,17H,8-10H2,1-3H3,(H,15,18). The molecule has 0 radical (unpaired) electrons. The number of hydrogen-bond donors (Lipinski definition) is 2. The minimum atomic E-state index is -0.0230. The van der Waals surface area contributed by atoms with Gasteiger partial charge in [0.05, 0.1) is 13.2 Å². The van der Waals surface area contributed by atoms with Crippen molar-refractivity contribution in [2.24, 2.45) is 0 Å². The first-order valence-corrected chi connectivity index (χ1v) is 6.29. The number of nitrogens with one attached hydrogen (secondary N) is 1. The minimum Gasteiger partial charge on any atom is -0.508 e. The maximum absolute atomic E-state index is 11.7. The topological polar surface area (TPSA) is 61.8 Å². The van der Waals surface area contributed by atoms with Crippen molar-refractivity contribution in [1.82, 2.24) is 10.2 Å². The SMILES string of the molecule is COCCNC(=O)CN(C)C(C)c1ccc(O)cc1. The first-order chi connectivity index (χ1) is 9.04. The minimum absolute atomic E-state index is 0.0230. The highest BCUT2D eigenvalue weighted by Gasteiger charge is 2.14. The zero-order valence-corrected chi connectivity index (χ0v) is 11.7. The number of likely N-dealkylation sites (N-methyl/N-ethyl adjacent to an activating group) is 1. The van der Waals surface area contributed by atoms with Gasteiger partial charge in [-0.05, 0) is 31.7 Å². The lowest BCUT2D eigenvalue weighted by Crippen LogP contribution is -2.37. The molecule has 0 fully saturated rings. The Morgan fingerprint density at radius 2 is 2.05 bits per heavy atom. The first-order valence-electron chi connectivity index (χ1n) is 6.29. The van der Waals surface area contributed by atoms with Gasteiger partial charge in [-0.25, -0.2) is 0 Å². The molecule has 0 aliphatic rings. The number of aromatic hydroxyl groups is 1. The molecule has 0 aliphatic carbocycles. The van der Waals surface area contributed by atoms with Gasteiger partial charge in [0, 0.05) is 19.7 Å². The lowest BCUT2D eigenvalue weighted by atomic mass is 10.1. The maximum atomic E-state index is 11.7. The largest absolute Gasteiger partial charge is 0.508 e. The second-order valence-corrected chi connectivity index (χ2v) is 4.53. The molecule has 1 aromatic carbocycles. The number of carbonyl (C=O) groups excluding carboxylic acids is 1. The Labute approximate surface area is 114 Å². The molecule has 1 unspecified atom stereocenters. The highest BCUT2D eigenvalue weighted by Crippen LogP contribution is 2.20. The van der Waals surface area contributed by atoms with Crippen LogP contribution in [0.15, 0.2) is 24.3 Å². The van der Waals surface area contributed by atoms with Gasteiger partial charge >= 0.3 is 0 Å². The van der Waals surface area contributed by atoms with E-state index in [9.17, 15) is 9.90 Å². The number of phenolic OH excluding ortho intramolecular Hbond substituents is 1. The van der Waals surface area contributed by atoms with Gasteiger partial charge in [-0.3, -0.25) is 9.69 Å². The van der Waals surface area contributed by atoms with Crippen molar-refractivity contribution in [2.45, 2.75) is 13.0 Å². The Bertz CT molecular complexity index is 392. The van der Waals surface area contributed by atoms with Crippen LogP contribution in [0.25, 0.3) is 0 Å². The summed E-state index contributed by atoms with van der Waals surface area (Å²) in [5, 5.41) is 12.0. The molecule has 2 N–H and O–H groups in total. The van der Waals surface area contributed by atoms with Gasteiger partial charge < -0.3 is 15.2 Å². The van der Waals surface area contributed by atoms with Crippen LogP contribution in [0.5, 0.6) is 5.75 Å². The van der Waals surface area contributed by atoms with Gasteiger partial charge in [0.1, 0.15) is 5.75 Å². The fraction of sp³-hybridized carbons (Fsp3) is 0.500. The van der Waals surface area contributed by atoms with Gasteiger partial charge in [-0.1, -0.05) is 12.1 Å². The third kappa shape index (κ3) is 5.28. The van der Waals surface area contributed by atoms with Crippen LogP contribution in [-0.4, -0.2) is 49.8 Å². The van der Waals surface area contributed by atoms with Crippen molar-refractivity contribution in [1.29, 1.82) is 0 Å². The van der Waals surface area contributed by atoms with E-state index in [1.807, 2.05) is 31.0 Å². The van der Waals surface area contributed by atoms with Crippen LogP contribution >= 0.6 is 0 Å². The highest BCUT2D eigenvalue weighted by atomic mass is 16.5. The van der Waals surface area contributed by atoms with Crippen molar-refractivity contribution in [3.05, 3.63) is 29.8 Å². The van der Waals surface area contributed by atoms with E-state index in [4.69, 9.17) is 4.74 Å². The van der Waals surface area contributed by atoms with Gasteiger partial charge in [-0.15, -0.1) is 0 Å². The molecular weight excluding hydrogens is 244 g/mol. The second-order valence-electron chi connectivity index (χ2n) is 4.53. The number of hydrogen-bond acceptors (Lipinski definition) is 4. The summed E-state index contributed by atoms with van der Waals surface area (Å²) in [7, 11) is 3.50. The summed E-state index contributed by atoms with van der Waals surface area (Å²) in [5.74, 6) is 0.223. The molecule has 1 atom stereocenters. The molecule has 1 aromatic rings. The fourth-order valence-electron chi connectivity index (χ4n) is 1.72. The molecule has 0 saturated carbocycles. The van der Waals surface area contributed by atoms with Gasteiger partial charge in [0.25, 0.3) is 0 Å². The average Bonchev–Trinajstić information content (AvgIpc) is 2.39. The quantitative estimate of drug-likeness (QED) is 0.727. The zero-order valence-electron chi connectivity index (χ0n) is 11.7. The van der Waals surface area contributed by atoms with Gasteiger partial charge in [0.15, 0.2) is 0 Å². The van der Waals surface area contributed by atoms with E-state index in [0.717, 1.165) is 5.56 Å². The Morgan fingerprint density at radius 1 is 1.42 bits per heavy atom. The summed E-state index contributed by atoms with van der Waals surface area (Å²) in [6.45, 7) is 3.39. The van der Waals surface area contributed by atoms with E-state index < -0.39 is 0 Å². The Kier molecular flexibility index (Phi) is 6.32. The molecule has 106 valence electrons. The molecule has 1 rings (SSSR count).